The van der Waals surface area contributed by atoms with Crippen molar-refractivity contribution in [1.29, 1.82) is 0 Å². The van der Waals surface area contributed by atoms with Crippen molar-refractivity contribution in [2.45, 2.75) is 26.0 Å². The Kier molecular flexibility index (Phi) is 4.90. The Morgan fingerprint density at radius 1 is 1.43 bits per heavy atom. The zero-order valence-corrected chi connectivity index (χ0v) is 13.3. The third kappa shape index (κ3) is 3.45. The molecule has 0 spiro atoms. The molecule has 6 nitrogen and oxygen atoms in total. The van der Waals surface area contributed by atoms with Gasteiger partial charge in [0.2, 0.25) is 0 Å². The second kappa shape index (κ2) is 6.70. The number of benzene rings is 1. The summed E-state index contributed by atoms with van der Waals surface area (Å²) in [5, 5.41) is 2.69. The highest BCUT2D eigenvalue weighted by Gasteiger charge is 2.37. The van der Waals surface area contributed by atoms with Gasteiger partial charge in [-0.2, -0.15) is 0 Å². The molecular weight excluding hydrogens is 299 g/mol. The van der Waals surface area contributed by atoms with E-state index in [-0.39, 0.29) is 12.1 Å². The summed E-state index contributed by atoms with van der Waals surface area (Å²) in [5.41, 5.74) is 5.08. The number of nitrogens with two attached hydrogens (primary N) is 1. The monoisotopic (exact) mass is 318 g/mol. The number of hydrogen-bond donors (Lipinski definition) is 2. The summed E-state index contributed by atoms with van der Waals surface area (Å²) in [6.07, 6.45) is 1.55. The van der Waals surface area contributed by atoms with Gasteiger partial charge in [-0.3, -0.25) is 4.79 Å². The fraction of sp³-hybridized carbons (Fsp3) is 0.312. The normalized spacial score (nSPS) is 13.4. The summed E-state index contributed by atoms with van der Waals surface area (Å²) in [4.78, 5) is 20.6. The van der Waals surface area contributed by atoms with Crippen molar-refractivity contribution in [1.82, 2.24) is 15.3 Å². The van der Waals surface area contributed by atoms with Crippen LogP contribution in [0.15, 0.2) is 30.5 Å². The van der Waals surface area contributed by atoms with E-state index in [9.17, 15) is 9.18 Å². The molecule has 0 saturated heterocycles. The van der Waals surface area contributed by atoms with Crippen LogP contribution < -0.4 is 11.1 Å². The van der Waals surface area contributed by atoms with Gasteiger partial charge in [0.15, 0.2) is 5.60 Å². The van der Waals surface area contributed by atoms with Gasteiger partial charge in [0.25, 0.3) is 5.91 Å². The SMILES string of the molecule is CO[C@@](C)(C(=O)NCc1cnc(C)nc1N)c1ccccc1F. The Balaban J connectivity index is 2.19. The van der Waals surface area contributed by atoms with E-state index >= 15 is 0 Å². The molecule has 0 aliphatic rings. The highest BCUT2D eigenvalue weighted by Crippen LogP contribution is 2.27. The minimum Gasteiger partial charge on any atom is -0.383 e. The summed E-state index contributed by atoms with van der Waals surface area (Å²) in [6, 6.07) is 6.00. The average Bonchev–Trinajstić information content (AvgIpc) is 2.53. The Hall–Kier alpha value is -2.54. The van der Waals surface area contributed by atoms with Crippen molar-refractivity contribution in [3.05, 3.63) is 53.2 Å². The summed E-state index contributed by atoms with van der Waals surface area (Å²) < 4.78 is 19.3. The fourth-order valence-electron chi connectivity index (χ4n) is 2.17. The van der Waals surface area contributed by atoms with Gasteiger partial charge >= 0.3 is 0 Å². The van der Waals surface area contributed by atoms with Gasteiger partial charge in [-0.1, -0.05) is 18.2 Å². The van der Waals surface area contributed by atoms with Crippen LogP contribution in [0, 0.1) is 12.7 Å². The number of nitrogens with zero attached hydrogens (tertiary/aromatic N) is 2. The third-order valence-electron chi connectivity index (χ3n) is 3.69. The van der Waals surface area contributed by atoms with Gasteiger partial charge in [-0.25, -0.2) is 14.4 Å². The Labute approximate surface area is 133 Å². The zero-order valence-electron chi connectivity index (χ0n) is 13.3. The number of halogens is 1. The highest BCUT2D eigenvalue weighted by atomic mass is 19.1. The lowest BCUT2D eigenvalue weighted by atomic mass is 9.94. The molecule has 122 valence electrons. The lowest BCUT2D eigenvalue weighted by Crippen LogP contribution is -2.44. The van der Waals surface area contributed by atoms with E-state index in [1.165, 1.54) is 26.2 Å². The molecule has 1 aromatic heterocycles. The van der Waals surface area contributed by atoms with Gasteiger partial charge in [0, 0.05) is 31.0 Å². The highest BCUT2D eigenvalue weighted by molar-refractivity contribution is 5.86. The Morgan fingerprint density at radius 2 is 2.13 bits per heavy atom. The smallest absolute Gasteiger partial charge is 0.256 e. The zero-order chi connectivity index (χ0) is 17.0. The number of carbonyl (C=O) groups excluding carboxylic acids is 1. The summed E-state index contributed by atoms with van der Waals surface area (Å²) in [6.45, 7) is 3.35. The molecule has 1 amide bonds. The number of amides is 1. The third-order valence-corrected chi connectivity index (χ3v) is 3.69. The van der Waals surface area contributed by atoms with E-state index in [2.05, 4.69) is 15.3 Å². The Bertz CT molecular complexity index is 723. The molecule has 7 heteroatoms. The van der Waals surface area contributed by atoms with Crippen LogP contribution in [0.2, 0.25) is 0 Å². The number of aryl methyl sites for hydroxylation is 1. The molecule has 2 aromatic rings. The van der Waals surface area contributed by atoms with Crippen LogP contribution in [0.25, 0.3) is 0 Å². The lowest BCUT2D eigenvalue weighted by molar-refractivity contribution is -0.143. The number of anilines is 1. The van der Waals surface area contributed by atoms with Crippen LogP contribution in [0.4, 0.5) is 10.2 Å². The molecular formula is C16H19FN4O2. The van der Waals surface area contributed by atoms with Gasteiger partial charge in [0.1, 0.15) is 17.5 Å². The molecule has 1 aromatic carbocycles. The number of nitrogens with one attached hydrogen (secondary N) is 1. The second-order valence-electron chi connectivity index (χ2n) is 5.23. The molecule has 1 heterocycles. The number of hydrogen-bond acceptors (Lipinski definition) is 5. The first-order chi connectivity index (χ1) is 10.9. The van der Waals surface area contributed by atoms with Crippen LogP contribution in [0.3, 0.4) is 0 Å². The minimum atomic E-state index is -1.45. The van der Waals surface area contributed by atoms with Crippen LogP contribution in [0.1, 0.15) is 23.9 Å². The van der Waals surface area contributed by atoms with Crippen molar-refractivity contribution in [3.63, 3.8) is 0 Å². The van der Waals surface area contributed by atoms with E-state index in [0.717, 1.165) is 0 Å². The average molecular weight is 318 g/mol. The molecule has 3 N–H and O–H groups in total. The number of aromatic nitrogens is 2. The Morgan fingerprint density at radius 3 is 2.74 bits per heavy atom. The van der Waals surface area contributed by atoms with Crippen molar-refractivity contribution < 1.29 is 13.9 Å². The standard InChI is InChI=1S/C16H19FN4O2/c1-10-19-8-11(14(18)21-10)9-20-15(22)16(2,23-3)12-6-4-5-7-13(12)17/h4-8H,9H2,1-3H3,(H,20,22)(H2,18,19,21)/t16-/m1/s1. The largest absolute Gasteiger partial charge is 0.383 e. The fourth-order valence-corrected chi connectivity index (χ4v) is 2.17. The molecule has 0 fully saturated rings. The molecule has 0 radical (unpaired) electrons. The molecule has 1 atom stereocenters. The molecule has 0 bridgehead atoms. The topological polar surface area (TPSA) is 90.1 Å². The maximum Gasteiger partial charge on any atom is 0.256 e. The van der Waals surface area contributed by atoms with E-state index in [1.807, 2.05) is 0 Å². The van der Waals surface area contributed by atoms with Crippen molar-refractivity contribution in [3.8, 4) is 0 Å². The van der Waals surface area contributed by atoms with Gasteiger partial charge in [-0.15, -0.1) is 0 Å². The predicted molar refractivity (Wildman–Crippen MR) is 83.8 cm³/mol. The molecule has 0 aliphatic carbocycles. The molecule has 2 rings (SSSR count). The number of rotatable bonds is 5. The second-order valence-corrected chi connectivity index (χ2v) is 5.23. The quantitative estimate of drug-likeness (QED) is 0.875. The van der Waals surface area contributed by atoms with Crippen molar-refractivity contribution in [2.24, 2.45) is 0 Å². The van der Waals surface area contributed by atoms with E-state index in [1.54, 1.807) is 25.3 Å². The first-order valence-corrected chi connectivity index (χ1v) is 7.05. The molecule has 0 aliphatic heterocycles. The van der Waals surface area contributed by atoms with Crippen LogP contribution in [0.5, 0.6) is 0 Å². The first-order valence-electron chi connectivity index (χ1n) is 7.05. The maximum absolute atomic E-state index is 14.0. The number of nitrogen functional groups attached to an aromatic ring is 1. The molecule has 0 saturated carbocycles. The van der Waals surface area contributed by atoms with Crippen molar-refractivity contribution >= 4 is 11.7 Å². The number of carbonyl (C=O) groups is 1. The summed E-state index contributed by atoms with van der Waals surface area (Å²) in [5.74, 6) is -0.149. The van der Waals surface area contributed by atoms with Crippen LogP contribution >= 0.6 is 0 Å². The maximum atomic E-state index is 14.0. The van der Waals surface area contributed by atoms with E-state index in [0.29, 0.717) is 17.2 Å². The van der Waals surface area contributed by atoms with E-state index < -0.39 is 17.3 Å². The summed E-state index contributed by atoms with van der Waals surface area (Å²) >= 11 is 0. The van der Waals surface area contributed by atoms with Gasteiger partial charge < -0.3 is 15.8 Å². The number of ether oxygens (including phenoxy) is 1. The van der Waals surface area contributed by atoms with Gasteiger partial charge in [0.05, 0.1) is 0 Å². The van der Waals surface area contributed by atoms with Crippen molar-refractivity contribution in [2.75, 3.05) is 12.8 Å². The predicted octanol–water partition coefficient (Wildman–Crippen LogP) is 1.68. The van der Waals surface area contributed by atoms with Crippen LogP contribution in [-0.4, -0.2) is 23.0 Å². The van der Waals surface area contributed by atoms with Gasteiger partial charge in [-0.05, 0) is 19.9 Å². The number of methoxy groups -OCH3 is 1. The van der Waals surface area contributed by atoms with E-state index in [4.69, 9.17) is 10.5 Å². The summed E-state index contributed by atoms with van der Waals surface area (Å²) in [7, 11) is 1.36. The lowest BCUT2D eigenvalue weighted by Gasteiger charge is -2.27. The van der Waals surface area contributed by atoms with Crippen LogP contribution in [-0.2, 0) is 21.7 Å². The first kappa shape index (κ1) is 16.8. The molecule has 0 unspecified atom stereocenters. The minimum absolute atomic E-state index is 0.123. The molecule has 23 heavy (non-hydrogen) atoms.